The van der Waals surface area contributed by atoms with Crippen molar-refractivity contribution in [1.82, 2.24) is 0 Å². The second-order valence-electron chi connectivity index (χ2n) is 4.44. The van der Waals surface area contributed by atoms with E-state index in [1.54, 1.807) is 12.1 Å². The zero-order valence-electron chi connectivity index (χ0n) is 11.2. The minimum atomic E-state index is -0.418. The maximum atomic E-state index is 13.4. The van der Waals surface area contributed by atoms with E-state index in [0.29, 0.717) is 5.92 Å². The van der Waals surface area contributed by atoms with Crippen LogP contribution < -0.4 is 10.6 Å². The van der Waals surface area contributed by atoms with Gasteiger partial charge in [-0.2, -0.15) is 0 Å². The van der Waals surface area contributed by atoms with Gasteiger partial charge < -0.3 is 10.6 Å². The average Bonchev–Trinajstić information content (AvgIpc) is 2.33. The van der Waals surface area contributed by atoms with Crippen LogP contribution in [0.4, 0.5) is 15.8 Å². The van der Waals surface area contributed by atoms with Crippen molar-refractivity contribution in [3.8, 4) is 0 Å². The Kier molecular flexibility index (Phi) is 5.62. The number of halogens is 1. The smallest absolute Gasteiger partial charge is 0.221 e. The molecule has 0 aliphatic carbocycles. The molecule has 0 aromatic heterocycles. The fourth-order valence-corrected chi connectivity index (χ4v) is 1.76. The van der Waals surface area contributed by atoms with Crippen molar-refractivity contribution >= 4 is 17.3 Å². The molecule has 0 aliphatic rings. The largest absolute Gasteiger partial charge is 0.385 e. The number of hydrogen-bond donors (Lipinski definition) is 2. The van der Waals surface area contributed by atoms with Crippen LogP contribution in [0.1, 0.15) is 33.6 Å². The number of nitrogens with one attached hydrogen (secondary N) is 2. The summed E-state index contributed by atoms with van der Waals surface area (Å²) in [5.41, 5.74) is 1.05. The summed E-state index contributed by atoms with van der Waals surface area (Å²) in [4.78, 5) is 10.9. The molecule has 1 aromatic carbocycles. The minimum Gasteiger partial charge on any atom is -0.385 e. The number of amides is 1. The van der Waals surface area contributed by atoms with E-state index in [4.69, 9.17) is 0 Å². The molecule has 0 fully saturated rings. The van der Waals surface area contributed by atoms with Crippen LogP contribution in [-0.4, -0.2) is 12.5 Å². The van der Waals surface area contributed by atoms with Crippen LogP contribution in [0, 0.1) is 11.7 Å². The molecular weight excluding hydrogens is 231 g/mol. The van der Waals surface area contributed by atoms with Gasteiger partial charge in [-0.25, -0.2) is 4.39 Å². The first-order valence-corrected chi connectivity index (χ1v) is 6.37. The summed E-state index contributed by atoms with van der Waals surface area (Å²) in [6.07, 6.45) is 2.23. The molecule has 0 saturated heterocycles. The molecule has 2 N–H and O–H groups in total. The third-order valence-electron chi connectivity index (χ3n) is 3.03. The van der Waals surface area contributed by atoms with Crippen LogP contribution in [-0.2, 0) is 4.79 Å². The Morgan fingerprint density at radius 1 is 1.33 bits per heavy atom. The molecule has 0 unspecified atom stereocenters. The van der Waals surface area contributed by atoms with Gasteiger partial charge in [0.25, 0.3) is 0 Å². The van der Waals surface area contributed by atoms with E-state index in [-0.39, 0.29) is 11.6 Å². The van der Waals surface area contributed by atoms with Gasteiger partial charge in [0, 0.05) is 19.2 Å². The molecule has 1 aromatic rings. The van der Waals surface area contributed by atoms with E-state index in [0.717, 1.165) is 25.1 Å². The molecule has 0 saturated carbocycles. The number of carbonyl (C=O) groups is 1. The third kappa shape index (κ3) is 4.35. The maximum absolute atomic E-state index is 13.4. The van der Waals surface area contributed by atoms with E-state index < -0.39 is 5.82 Å². The molecule has 0 heterocycles. The highest BCUT2D eigenvalue weighted by Crippen LogP contribution is 2.20. The van der Waals surface area contributed by atoms with Crippen LogP contribution in [0.25, 0.3) is 0 Å². The van der Waals surface area contributed by atoms with Crippen LogP contribution in [0.2, 0.25) is 0 Å². The normalized spacial score (nSPS) is 10.5. The van der Waals surface area contributed by atoms with Crippen molar-refractivity contribution in [2.24, 2.45) is 5.92 Å². The van der Waals surface area contributed by atoms with Crippen molar-refractivity contribution in [2.75, 3.05) is 17.2 Å². The van der Waals surface area contributed by atoms with Crippen molar-refractivity contribution < 1.29 is 9.18 Å². The average molecular weight is 252 g/mol. The quantitative estimate of drug-likeness (QED) is 0.811. The lowest BCUT2D eigenvalue weighted by Gasteiger charge is -2.15. The summed E-state index contributed by atoms with van der Waals surface area (Å²) in [5, 5.41) is 5.74. The summed E-state index contributed by atoms with van der Waals surface area (Å²) in [5.74, 6) is -0.0800. The highest BCUT2D eigenvalue weighted by Gasteiger charge is 2.07. The van der Waals surface area contributed by atoms with Crippen LogP contribution >= 0.6 is 0 Å². The Morgan fingerprint density at radius 3 is 2.56 bits per heavy atom. The fraction of sp³-hybridized carbons (Fsp3) is 0.500. The summed E-state index contributed by atoms with van der Waals surface area (Å²) in [7, 11) is 0. The molecule has 100 valence electrons. The van der Waals surface area contributed by atoms with E-state index in [1.165, 1.54) is 13.0 Å². The van der Waals surface area contributed by atoms with E-state index in [2.05, 4.69) is 24.5 Å². The van der Waals surface area contributed by atoms with Gasteiger partial charge in [0.15, 0.2) is 0 Å². The Hall–Kier alpha value is -1.58. The second-order valence-corrected chi connectivity index (χ2v) is 4.44. The van der Waals surface area contributed by atoms with Crippen molar-refractivity contribution in [3.05, 3.63) is 24.0 Å². The van der Waals surface area contributed by atoms with Gasteiger partial charge in [0.05, 0.1) is 5.69 Å². The number of benzene rings is 1. The summed E-state index contributed by atoms with van der Waals surface area (Å²) >= 11 is 0. The second kappa shape index (κ2) is 6.99. The van der Waals surface area contributed by atoms with Gasteiger partial charge in [-0.05, 0) is 24.1 Å². The van der Waals surface area contributed by atoms with Gasteiger partial charge in [0.2, 0.25) is 5.91 Å². The number of anilines is 2. The fourth-order valence-electron chi connectivity index (χ4n) is 1.76. The molecule has 0 spiro atoms. The van der Waals surface area contributed by atoms with E-state index in [1.807, 2.05) is 0 Å². The summed E-state index contributed by atoms with van der Waals surface area (Å²) in [6.45, 7) is 6.54. The highest BCUT2D eigenvalue weighted by atomic mass is 19.1. The molecular formula is C14H21FN2O. The van der Waals surface area contributed by atoms with Crippen molar-refractivity contribution in [2.45, 2.75) is 33.6 Å². The Balaban J connectivity index is 2.69. The molecule has 0 bridgehead atoms. The zero-order chi connectivity index (χ0) is 13.5. The Morgan fingerprint density at radius 2 is 2.00 bits per heavy atom. The number of rotatable bonds is 6. The lowest BCUT2D eigenvalue weighted by Crippen LogP contribution is -2.13. The zero-order valence-corrected chi connectivity index (χ0v) is 11.2. The molecule has 0 aliphatic heterocycles. The number of carbonyl (C=O) groups excluding carboxylic acids is 1. The highest BCUT2D eigenvalue weighted by molar-refractivity contribution is 5.89. The monoisotopic (exact) mass is 252 g/mol. The molecule has 3 nitrogen and oxygen atoms in total. The molecule has 0 atom stereocenters. The van der Waals surface area contributed by atoms with Gasteiger partial charge in [-0.15, -0.1) is 0 Å². The molecule has 1 amide bonds. The Bertz CT molecular complexity index is 403. The molecule has 18 heavy (non-hydrogen) atoms. The minimum absolute atomic E-state index is 0.219. The summed E-state index contributed by atoms with van der Waals surface area (Å²) < 4.78 is 13.4. The third-order valence-corrected chi connectivity index (χ3v) is 3.03. The standard InChI is InChI=1S/C14H21FN2O/c1-4-11(5-2)9-16-12-6-7-13(15)14(8-12)17-10(3)18/h6-8,11,16H,4-5,9H2,1-3H3,(H,17,18). The predicted octanol–water partition coefficient (Wildman–Crippen LogP) is 3.63. The lowest BCUT2D eigenvalue weighted by molar-refractivity contribution is -0.114. The van der Waals surface area contributed by atoms with Crippen molar-refractivity contribution in [1.29, 1.82) is 0 Å². The van der Waals surface area contributed by atoms with Gasteiger partial charge >= 0.3 is 0 Å². The predicted molar refractivity (Wildman–Crippen MR) is 73.3 cm³/mol. The molecule has 4 heteroatoms. The Labute approximate surface area is 108 Å². The maximum Gasteiger partial charge on any atom is 0.221 e. The van der Waals surface area contributed by atoms with Crippen LogP contribution in [0.5, 0.6) is 0 Å². The van der Waals surface area contributed by atoms with Crippen LogP contribution in [0.15, 0.2) is 18.2 Å². The van der Waals surface area contributed by atoms with E-state index in [9.17, 15) is 9.18 Å². The first-order chi connectivity index (χ1) is 8.56. The molecule has 1 rings (SSSR count). The van der Waals surface area contributed by atoms with E-state index >= 15 is 0 Å². The van der Waals surface area contributed by atoms with Crippen molar-refractivity contribution in [3.63, 3.8) is 0 Å². The molecule has 0 radical (unpaired) electrons. The van der Waals surface area contributed by atoms with Gasteiger partial charge in [-0.3, -0.25) is 4.79 Å². The first-order valence-electron chi connectivity index (χ1n) is 6.37. The van der Waals surface area contributed by atoms with Crippen LogP contribution in [0.3, 0.4) is 0 Å². The lowest BCUT2D eigenvalue weighted by atomic mass is 10.0. The summed E-state index contributed by atoms with van der Waals surface area (Å²) in [6, 6.07) is 4.67. The van der Waals surface area contributed by atoms with Gasteiger partial charge in [-0.1, -0.05) is 26.7 Å². The first kappa shape index (κ1) is 14.5. The SMILES string of the molecule is CCC(CC)CNc1ccc(F)c(NC(C)=O)c1. The topological polar surface area (TPSA) is 41.1 Å². The number of hydrogen-bond acceptors (Lipinski definition) is 2. The van der Waals surface area contributed by atoms with Gasteiger partial charge in [0.1, 0.15) is 5.82 Å².